The van der Waals surface area contributed by atoms with Crippen LogP contribution in [0.5, 0.6) is 0 Å². The number of rotatable bonds is 3. The number of benzene rings is 1. The predicted octanol–water partition coefficient (Wildman–Crippen LogP) is 4.37. The Morgan fingerprint density at radius 2 is 1.89 bits per heavy atom. The summed E-state index contributed by atoms with van der Waals surface area (Å²) in [6.07, 6.45) is 0. The zero-order valence-electron chi connectivity index (χ0n) is 10.4. The molecule has 0 fully saturated rings. The van der Waals surface area contributed by atoms with Gasteiger partial charge in [-0.1, -0.05) is 24.3 Å². The van der Waals surface area contributed by atoms with E-state index in [4.69, 9.17) is 0 Å². The first-order valence-electron chi connectivity index (χ1n) is 5.94. The van der Waals surface area contributed by atoms with Gasteiger partial charge in [0.1, 0.15) is 0 Å². The fourth-order valence-corrected chi connectivity index (χ4v) is 3.41. The van der Waals surface area contributed by atoms with Crippen molar-refractivity contribution < 1.29 is 0 Å². The number of aromatic nitrogens is 2. The van der Waals surface area contributed by atoms with Gasteiger partial charge in [-0.05, 0) is 35.0 Å². The number of fused-ring (bicyclic) bond motifs is 1. The number of hydrogen-bond donors (Lipinski definition) is 1. The molecule has 0 aliphatic rings. The van der Waals surface area contributed by atoms with Crippen LogP contribution in [0.25, 0.3) is 10.8 Å². The molecule has 0 unspecified atom stereocenters. The van der Waals surface area contributed by atoms with Crippen LogP contribution in [0.4, 0.5) is 5.82 Å². The molecule has 1 N–H and O–H groups in total. The van der Waals surface area contributed by atoms with Gasteiger partial charge in [0.05, 0.1) is 16.0 Å². The minimum Gasteiger partial charge on any atom is -0.363 e. The van der Waals surface area contributed by atoms with E-state index in [1.807, 2.05) is 19.1 Å². The van der Waals surface area contributed by atoms with E-state index in [1.165, 1.54) is 4.88 Å². The molecule has 0 saturated heterocycles. The third kappa shape index (κ3) is 2.62. The molecule has 3 aromatic rings. The summed E-state index contributed by atoms with van der Waals surface area (Å²) in [5.74, 6) is 0.839. The quantitative estimate of drug-likeness (QED) is 0.773. The van der Waals surface area contributed by atoms with Crippen molar-refractivity contribution in [3.63, 3.8) is 0 Å². The minimum absolute atomic E-state index is 0.762. The maximum absolute atomic E-state index is 4.26. The second-order valence-electron chi connectivity index (χ2n) is 4.24. The second-order valence-corrected chi connectivity index (χ2v) is 6.79. The van der Waals surface area contributed by atoms with E-state index in [0.29, 0.717) is 0 Å². The summed E-state index contributed by atoms with van der Waals surface area (Å²) in [6, 6.07) is 12.4. The molecule has 2 heterocycles. The molecule has 0 aliphatic heterocycles. The Morgan fingerprint density at radius 3 is 2.63 bits per heavy atom. The van der Waals surface area contributed by atoms with Crippen LogP contribution < -0.4 is 5.32 Å². The average Bonchev–Trinajstić information content (AvgIpc) is 2.84. The van der Waals surface area contributed by atoms with E-state index >= 15 is 0 Å². The van der Waals surface area contributed by atoms with Crippen LogP contribution in [-0.2, 0) is 6.54 Å². The lowest BCUT2D eigenvalue weighted by Gasteiger charge is -2.08. The van der Waals surface area contributed by atoms with Gasteiger partial charge in [0.25, 0.3) is 0 Å². The molecule has 0 amide bonds. The monoisotopic (exact) mass is 333 g/mol. The Hall–Kier alpha value is -1.46. The van der Waals surface area contributed by atoms with Gasteiger partial charge in [-0.25, -0.2) is 0 Å². The van der Waals surface area contributed by atoms with Gasteiger partial charge in [-0.3, -0.25) is 0 Å². The summed E-state index contributed by atoms with van der Waals surface area (Å²) in [5, 5.41) is 14.1. The number of hydrogen-bond acceptors (Lipinski definition) is 4. The van der Waals surface area contributed by atoms with Gasteiger partial charge in [0, 0.05) is 15.6 Å². The highest BCUT2D eigenvalue weighted by Gasteiger charge is 2.06. The maximum atomic E-state index is 4.26. The molecule has 0 spiro atoms. The van der Waals surface area contributed by atoms with Gasteiger partial charge >= 0.3 is 0 Å². The third-order valence-corrected chi connectivity index (χ3v) is 4.55. The molecule has 19 heavy (non-hydrogen) atoms. The van der Waals surface area contributed by atoms with Crippen LogP contribution in [0.2, 0.25) is 0 Å². The van der Waals surface area contributed by atoms with Gasteiger partial charge in [-0.15, -0.1) is 16.4 Å². The summed E-state index contributed by atoms with van der Waals surface area (Å²) in [4.78, 5) is 1.26. The van der Waals surface area contributed by atoms with Gasteiger partial charge < -0.3 is 5.32 Å². The summed E-state index contributed by atoms with van der Waals surface area (Å²) in [6.45, 7) is 2.74. The Bertz CT molecular complexity index is 724. The molecule has 0 saturated carbocycles. The van der Waals surface area contributed by atoms with Crippen LogP contribution in [0.15, 0.2) is 40.2 Å². The van der Waals surface area contributed by atoms with Crippen molar-refractivity contribution in [3.8, 4) is 0 Å². The second kappa shape index (κ2) is 5.27. The zero-order chi connectivity index (χ0) is 13.2. The first-order valence-corrected chi connectivity index (χ1v) is 7.55. The Labute approximate surface area is 123 Å². The molecule has 96 valence electrons. The number of anilines is 1. The SMILES string of the molecule is Cc1nnc(NCc2ccc(Br)s2)c2ccccc12. The van der Waals surface area contributed by atoms with Gasteiger partial charge in [0.15, 0.2) is 5.82 Å². The smallest absolute Gasteiger partial charge is 0.156 e. The molecule has 0 bridgehead atoms. The lowest BCUT2D eigenvalue weighted by atomic mass is 10.1. The summed E-state index contributed by atoms with van der Waals surface area (Å²) in [5.41, 5.74) is 0.958. The fraction of sp³-hybridized carbons (Fsp3) is 0.143. The van der Waals surface area contributed by atoms with Crippen LogP contribution >= 0.6 is 27.3 Å². The van der Waals surface area contributed by atoms with E-state index in [-0.39, 0.29) is 0 Å². The third-order valence-electron chi connectivity index (χ3n) is 2.93. The average molecular weight is 334 g/mol. The number of nitrogens with zero attached hydrogens (tertiary/aromatic N) is 2. The molecular weight excluding hydrogens is 322 g/mol. The van der Waals surface area contributed by atoms with Crippen LogP contribution in [-0.4, -0.2) is 10.2 Å². The van der Waals surface area contributed by atoms with Crippen molar-refractivity contribution in [2.45, 2.75) is 13.5 Å². The largest absolute Gasteiger partial charge is 0.363 e. The van der Waals surface area contributed by atoms with Crippen molar-refractivity contribution >= 4 is 43.9 Å². The van der Waals surface area contributed by atoms with Crippen LogP contribution in [0, 0.1) is 6.92 Å². The van der Waals surface area contributed by atoms with E-state index in [1.54, 1.807) is 11.3 Å². The molecule has 2 aromatic heterocycles. The minimum atomic E-state index is 0.762. The van der Waals surface area contributed by atoms with Gasteiger partial charge in [-0.2, -0.15) is 5.10 Å². The molecule has 0 atom stereocenters. The number of halogens is 1. The van der Waals surface area contributed by atoms with Crippen molar-refractivity contribution in [2.75, 3.05) is 5.32 Å². The molecule has 3 rings (SSSR count). The maximum Gasteiger partial charge on any atom is 0.156 e. The normalized spacial score (nSPS) is 10.8. The molecule has 3 nitrogen and oxygen atoms in total. The van der Waals surface area contributed by atoms with E-state index in [2.05, 4.69) is 55.7 Å². The highest BCUT2D eigenvalue weighted by atomic mass is 79.9. The first-order chi connectivity index (χ1) is 9.24. The molecule has 1 aromatic carbocycles. The molecule has 0 aliphatic carbocycles. The van der Waals surface area contributed by atoms with Crippen molar-refractivity contribution in [1.82, 2.24) is 10.2 Å². The number of aryl methyl sites for hydroxylation is 1. The highest BCUT2D eigenvalue weighted by Crippen LogP contribution is 2.25. The van der Waals surface area contributed by atoms with Crippen LogP contribution in [0.1, 0.15) is 10.6 Å². The van der Waals surface area contributed by atoms with Crippen LogP contribution in [0.3, 0.4) is 0 Å². The summed E-state index contributed by atoms with van der Waals surface area (Å²) < 4.78 is 1.14. The predicted molar refractivity (Wildman–Crippen MR) is 83.6 cm³/mol. The highest BCUT2D eigenvalue weighted by molar-refractivity contribution is 9.11. The Balaban J connectivity index is 1.91. The van der Waals surface area contributed by atoms with E-state index in [0.717, 1.165) is 32.6 Å². The van der Waals surface area contributed by atoms with Crippen molar-refractivity contribution in [2.24, 2.45) is 0 Å². The molecule has 5 heteroatoms. The Morgan fingerprint density at radius 1 is 1.11 bits per heavy atom. The van der Waals surface area contributed by atoms with Gasteiger partial charge in [0.2, 0.25) is 0 Å². The molecular formula is C14H12BrN3S. The topological polar surface area (TPSA) is 37.8 Å². The lowest BCUT2D eigenvalue weighted by Crippen LogP contribution is -2.03. The van der Waals surface area contributed by atoms with Crippen molar-refractivity contribution in [3.05, 3.63) is 50.8 Å². The van der Waals surface area contributed by atoms with E-state index < -0.39 is 0 Å². The summed E-state index contributed by atoms with van der Waals surface area (Å²) in [7, 11) is 0. The lowest BCUT2D eigenvalue weighted by molar-refractivity contribution is 0.986. The number of thiophene rings is 1. The summed E-state index contributed by atoms with van der Waals surface area (Å²) >= 11 is 5.19. The zero-order valence-corrected chi connectivity index (χ0v) is 12.8. The Kier molecular flexibility index (Phi) is 3.48. The molecule has 0 radical (unpaired) electrons. The van der Waals surface area contributed by atoms with E-state index in [9.17, 15) is 0 Å². The fourth-order valence-electron chi connectivity index (χ4n) is 1.99. The first kappa shape index (κ1) is 12.6. The number of nitrogens with one attached hydrogen (secondary N) is 1. The van der Waals surface area contributed by atoms with Crippen molar-refractivity contribution in [1.29, 1.82) is 0 Å². The standard InChI is InChI=1S/C14H12BrN3S/c1-9-11-4-2-3-5-12(11)14(18-17-9)16-8-10-6-7-13(15)19-10/h2-7H,8H2,1H3,(H,16,18).